The van der Waals surface area contributed by atoms with Crippen LogP contribution in [0.2, 0.25) is 5.02 Å². The smallest absolute Gasteiger partial charge is 0.265 e. The first kappa shape index (κ1) is 13.3. The van der Waals surface area contributed by atoms with Gasteiger partial charge in [0.15, 0.2) is 0 Å². The van der Waals surface area contributed by atoms with Gasteiger partial charge < -0.3 is 0 Å². The summed E-state index contributed by atoms with van der Waals surface area (Å²) in [6.45, 7) is 0. The molecule has 1 aliphatic heterocycles. The van der Waals surface area contributed by atoms with Gasteiger partial charge in [-0.2, -0.15) is 0 Å². The maximum Gasteiger partial charge on any atom is 0.265 e. The third-order valence-electron chi connectivity index (χ3n) is 3.20. The number of hydrogen-bond acceptors (Lipinski definition) is 2. The molecule has 0 unspecified atom stereocenters. The molecule has 3 rings (SSSR count). The van der Waals surface area contributed by atoms with Gasteiger partial charge in [-0.25, -0.2) is 4.90 Å². The summed E-state index contributed by atoms with van der Waals surface area (Å²) in [4.78, 5) is 25.9. The molecule has 0 spiro atoms. The van der Waals surface area contributed by atoms with Crippen LogP contribution in [0.15, 0.2) is 46.9 Å². The Kier molecular flexibility index (Phi) is 3.36. The molecule has 0 fully saturated rings. The van der Waals surface area contributed by atoms with Gasteiger partial charge in [0.1, 0.15) is 0 Å². The number of amides is 2. The van der Waals surface area contributed by atoms with Crippen molar-refractivity contribution in [3.05, 3.63) is 63.1 Å². The van der Waals surface area contributed by atoms with Crippen molar-refractivity contribution in [2.24, 2.45) is 0 Å². The highest BCUT2D eigenvalue weighted by Gasteiger charge is 2.31. The molecule has 0 saturated carbocycles. The van der Waals surface area contributed by atoms with E-state index in [0.29, 0.717) is 20.7 Å². The van der Waals surface area contributed by atoms with Crippen LogP contribution in [0.4, 0.5) is 5.69 Å². The summed E-state index contributed by atoms with van der Waals surface area (Å²) in [6, 6.07) is 12.2. The lowest BCUT2D eigenvalue weighted by Crippen LogP contribution is -2.42. The quantitative estimate of drug-likeness (QED) is 0.733. The summed E-state index contributed by atoms with van der Waals surface area (Å²) in [6.07, 6.45) is 0.224. The van der Waals surface area contributed by atoms with Crippen LogP contribution in [0.3, 0.4) is 0 Å². The Morgan fingerprint density at radius 1 is 1.10 bits per heavy atom. The van der Waals surface area contributed by atoms with Crippen LogP contribution >= 0.6 is 27.5 Å². The van der Waals surface area contributed by atoms with Gasteiger partial charge in [-0.1, -0.05) is 29.8 Å². The minimum atomic E-state index is -0.300. The SMILES string of the molecule is O=C1Cc2ccccc2C(=O)N1c1ccc(Cl)c(Br)c1. The first-order valence-electron chi connectivity index (χ1n) is 5.98. The molecule has 1 heterocycles. The number of anilines is 1. The Morgan fingerprint density at radius 2 is 1.85 bits per heavy atom. The van der Waals surface area contributed by atoms with Crippen LogP contribution in [0.5, 0.6) is 0 Å². The van der Waals surface area contributed by atoms with Crippen LogP contribution in [0, 0.1) is 0 Å². The highest BCUT2D eigenvalue weighted by atomic mass is 79.9. The van der Waals surface area contributed by atoms with E-state index in [1.54, 1.807) is 36.4 Å². The van der Waals surface area contributed by atoms with Crippen molar-refractivity contribution in [2.45, 2.75) is 6.42 Å². The summed E-state index contributed by atoms with van der Waals surface area (Å²) in [5, 5.41) is 0.533. The molecule has 0 N–H and O–H groups in total. The number of hydrogen-bond donors (Lipinski definition) is 0. The van der Waals surface area contributed by atoms with E-state index in [2.05, 4.69) is 15.9 Å². The van der Waals surface area contributed by atoms with Crippen molar-refractivity contribution in [1.29, 1.82) is 0 Å². The number of carbonyl (C=O) groups is 2. The first-order chi connectivity index (χ1) is 9.58. The van der Waals surface area contributed by atoms with E-state index in [1.807, 2.05) is 6.07 Å². The lowest BCUT2D eigenvalue weighted by molar-refractivity contribution is -0.117. The van der Waals surface area contributed by atoms with Crippen LogP contribution in [-0.4, -0.2) is 11.8 Å². The molecule has 20 heavy (non-hydrogen) atoms. The highest BCUT2D eigenvalue weighted by Crippen LogP contribution is 2.31. The second-order valence-electron chi connectivity index (χ2n) is 4.47. The lowest BCUT2D eigenvalue weighted by atomic mass is 9.98. The van der Waals surface area contributed by atoms with E-state index < -0.39 is 0 Å². The largest absolute Gasteiger partial charge is 0.274 e. The van der Waals surface area contributed by atoms with E-state index in [1.165, 1.54) is 4.90 Å². The number of benzene rings is 2. The Labute approximate surface area is 129 Å². The minimum absolute atomic E-state index is 0.224. The van der Waals surface area contributed by atoms with Crippen molar-refractivity contribution in [2.75, 3.05) is 4.90 Å². The molecular formula is C15H9BrClNO2. The molecule has 0 atom stereocenters. The van der Waals surface area contributed by atoms with Gasteiger partial charge in [0.25, 0.3) is 5.91 Å². The van der Waals surface area contributed by atoms with Crippen LogP contribution < -0.4 is 4.90 Å². The Hall–Kier alpha value is -1.65. The summed E-state index contributed by atoms with van der Waals surface area (Å²) in [5.41, 5.74) is 1.86. The summed E-state index contributed by atoms with van der Waals surface area (Å²) < 4.78 is 0.649. The van der Waals surface area contributed by atoms with Gasteiger partial charge in [0.05, 0.1) is 17.1 Å². The van der Waals surface area contributed by atoms with Gasteiger partial charge in [-0.3, -0.25) is 9.59 Å². The fourth-order valence-electron chi connectivity index (χ4n) is 2.24. The predicted molar refractivity (Wildman–Crippen MR) is 81.1 cm³/mol. The number of nitrogens with zero attached hydrogens (tertiary/aromatic N) is 1. The molecule has 2 amide bonds. The maximum absolute atomic E-state index is 12.5. The standard InChI is InChI=1S/C15H9BrClNO2/c16-12-8-10(5-6-13(12)17)18-14(19)7-9-3-1-2-4-11(9)15(18)20/h1-6,8H,7H2. The molecule has 0 aliphatic carbocycles. The van der Waals surface area contributed by atoms with Crippen molar-refractivity contribution in [3.63, 3.8) is 0 Å². The second kappa shape index (κ2) is 5.04. The number of fused-ring (bicyclic) bond motifs is 1. The maximum atomic E-state index is 12.5. The van der Waals surface area contributed by atoms with Crippen LogP contribution in [0.25, 0.3) is 0 Å². The zero-order valence-corrected chi connectivity index (χ0v) is 12.6. The Bertz CT molecular complexity index is 730. The average molecular weight is 351 g/mol. The van der Waals surface area contributed by atoms with Crippen LogP contribution in [-0.2, 0) is 11.2 Å². The molecule has 5 heteroatoms. The molecule has 2 aromatic rings. The Morgan fingerprint density at radius 3 is 2.60 bits per heavy atom. The monoisotopic (exact) mass is 349 g/mol. The molecule has 0 bridgehead atoms. The minimum Gasteiger partial charge on any atom is -0.274 e. The zero-order chi connectivity index (χ0) is 14.3. The third kappa shape index (κ3) is 2.15. The van der Waals surface area contributed by atoms with E-state index in [9.17, 15) is 9.59 Å². The number of halogens is 2. The number of rotatable bonds is 1. The zero-order valence-electron chi connectivity index (χ0n) is 10.3. The third-order valence-corrected chi connectivity index (χ3v) is 4.42. The molecule has 100 valence electrons. The van der Waals surface area contributed by atoms with Gasteiger partial charge >= 0.3 is 0 Å². The van der Waals surface area contributed by atoms with Gasteiger partial charge in [0, 0.05) is 10.0 Å². The van der Waals surface area contributed by atoms with Gasteiger partial charge in [0.2, 0.25) is 5.91 Å². The molecule has 3 nitrogen and oxygen atoms in total. The summed E-state index contributed by atoms with van der Waals surface area (Å²) >= 11 is 9.24. The number of carbonyl (C=O) groups excluding carboxylic acids is 2. The van der Waals surface area contributed by atoms with Gasteiger partial charge in [-0.05, 0) is 45.8 Å². The fourth-order valence-corrected chi connectivity index (χ4v) is 2.73. The van der Waals surface area contributed by atoms with Crippen LogP contribution in [0.1, 0.15) is 15.9 Å². The normalized spacial score (nSPS) is 14.4. The number of imide groups is 1. The molecule has 0 aromatic heterocycles. The van der Waals surface area contributed by atoms with Crippen molar-refractivity contribution in [1.82, 2.24) is 0 Å². The average Bonchev–Trinajstić information content (AvgIpc) is 2.43. The first-order valence-corrected chi connectivity index (χ1v) is 7.15. The lowest BCUT2D eigenvalue weighted by Gasteiger charge is -2.27. The van der Waals surface area contributed by atoms with Crippen molar-refractivity contribution in [3.8, 4) is 0 Å². The summed E-state index contributed by atoms with van der Waals surface area (Å²) in [7, 11) is 0. The molecule has 0 saturated heterocycles. The fraction of sp³-hybridized carbons (Fsp3) is 0.0667. The molecular weight excluding hydrogens is 342 g/mol. The predicted octanol–water partition coefficient (Wildman–Crippen LogP) is 3.83. The summed E-state index contributed by atoms with van der Waals surface area (Å²) in [5.74, 6) is -0.533. The van der Waals surface area contributed by atoms with Gasteiger partial charge in [-0.15, -0.1) is 0 Å². The van der Waals surface area contributed by atoms with E-state index in [-0.39, 0.29) is 18.2 Å². The van der Waals surface area contributed by atoms with E-state index in [0.717, 1.165) is 5.56 Å². The second-order valence-corrected chi connectivity index (χ2v) is 5.73. The topological polar surface area (TPSA) is 37.4 Å². The van der Waals surface area contributed by atoms with E-state index in [4.69, 9.17) is 11.6 Å². The Balaban J connectivity index is 2.08. The van der Waals surface area contributed by atoms with Crippen molar-refractivity contribution < 1.29 is 9.59 Å². The molecule has 2 aromatic carbocycles. The molecule has 0 radical (unpaired) electrons. The van der Waals surface area contributed by atoms with Crippen molar-refractivity contribution >= 4 is 45.0 Å². The highest BCUT2D eigenvalue weighted by molar-refractivity contribution is 9.10. The van der Waals surface area contributed by atoms with E-state index >= 15 is 0 Å². The molecule has 1 aliphatic rings.